The van der Waals surface area contributed by atoms with Crippen molar-refractivity contribution in [1.29, 1.82) is 0 Å². The SMILES string of the molecule is O=C(c1ccc2nnnn2c1)N1CCCn2nc(C(O)CO)cc2C1. The van der Waals surface area contributed by atoms with Crippen LogP contribution in [0.3, 0.4) is 0 Å². The molecule has 1 aliphatic rings. The molecule has 3 aromatic rings. The molecule has 4 rings (SSSR count). The highest BCUT2D eigenvalue weighted by Gasteiger charge is 2.23. The largest absolute Gasteiger partial charge is 0.393 e. The molecule has 0 spiro atoms. The Labute approximate surface area is 142 Å². The topological polar surface area (TPSA) is 122 Å². The van der Waals surface area contributed by atoms with Crippen LogP contribution >= 0.6 is 0 Å². The summed E-state index contributed by atoms with van der Waals surface area (Å²) in [5.74, 6) is -0.115. The van der Waals surface area contributed by atoms with Crippen LogP contribution in [0, 0.1) is 0 Å². The van der Waals surface area contributed by atoms with Crippen molar-refractivity contribution in [3.8, 4) is 0 Å². The third-order valence-electron chi connectivity index (χ3n) is 4.27. The Morgan fingerprint density at radius 1 is 1.32 bits per heavy atom. The number of carbonyl (C=O) groups is 1. The quantitative estimate of drug-likeness (QED) is 0.651. The molecule has 0 bridgehead atoms. The van der Waals surface area contributed by atoms with Gasteiger partial charge in [0.1, 0.15) is 6.10 Å². The van der Waals surface area contributed by atoms with E-state index in [0.717, 1.165) is 12.1 Å². The van der Waals surface area contributed by atoms with Gasteiger partial charge < -0.3 is 15.1 Å². The molecule has 2 N–H and O–H groups in total. The van der Waals surface area contributed by atoms with Gasteiger partial charge in [-0.2, -0.15) is 9.61 Å². The lowest BCUT2D eigenvalue weighted by atomic mass is 10.2. The summed E-state index contributed by atoms with van der Waals surface area (Å²) < 4.78 is 3.25. The third kappa shape index (κ3) is 2.85. The van der Waals surface area contributed by atoms with Crippen molar-refractivity contribution in [2.24, 2.45) is 0 Å². The summed E-state index contributed by atoms with van der Waals surface area (Å²) in [5, 5.41) is 34.4. The lowest BCUT2D eigenvalue weighted by Crippen LogP contribution is -2.30. The molecule has 25 heavy (non-hydrogen) atoms. The minimum atomic E-state index is -1.01. The van der Waals surface area contributed by atoms with Crippen molar-refractivity contribution in [3.05, 3.63) is 41.3 Å². The lowest BCUT2D eigenvalue weighted by Gasteiger charge is -2.20. The number of amides is 1. The second-order valence-corrected chi connectivity index (χ2v) is 5.96. The number of tetrazole rings is 1. The van der Waals surface area contributed by atoms with Crippen LogP contribution in [-0.4, -0.2) is 64.0 Å². The van der Waals surface area contributed by atoms with Crippen LogP contribution in [0.5, 0.6) is 0 Å². The Morgan fingerprint density at radius 2 is 2.20 bits per heavy atom. The standard InChI is InChI=1S/C15H17N7O3/c23-9-13(24)12-6-11-8-20(4-1-5-21(11)17-12)15(25)10-2-3-14-16-18-19-22(14)7-10/h2-3,6-7,13,23-24H,1,4-5,8-9H2. The summed E-state index contributed by atoms with van der Waals surface area (Å²) in [7, 11) is 0. The zero-order valence-electron chi connectivity index (χ0n) is 13.4. The summed E-state index contributed by atoms with van der Waals surface area (Å²) >= 11 is 0. The molecule has 4 heterocycles. The summed E-state index contributed by atoms with van der Waals surface area (Å²) in [6, 6.07) is 5.14. The minimum absolute atomic E-state index is 0.115. The van der Waals surface area contributed by atoms with E-state index in [0.29, 0.717) is 36.5 Å². The summed E-state index contributed by atoms with van der Waals surface area (Å²) in [5.41, 5.74) is 2.33. The Kier molecular flexibility index (Phi) is 3.90. The number of pyridine rings is 1. The predicted octanol–water partition coefficient (Wildman–Crippen LogP) is -0.607. The first-order valence-corrected chi connectivity index (χ1v) is 7.98. The number of aliphatic hydroxyl groups is 2. The van der Waals surface area contributed by atoms with Gasteiger partial charge in [-0.15, -0.1) is 5.10 Å². The van der Waals surface area contributed by atoms with Crippen LogP contribution in [0.25, 0.3) is 5.65 Å². The van der Waals surface area contributed by atoms with E-state index in [-0.39, 0.29) is 12.5 Å². The van der Waals surface area contributed by atoms with Gasteiger partial charge in [-0.25, -0.2) is 0 Å². The Morgan fingerprint density at radius 3 is 3.04 bits per heavy atom. The molecular weight excluding hydrogens is 326 g/mol. The number of nitrogens with zero attached hydrogens (tertiary/aromatic N) is 7. The number of hydrogen-bond donors (Lipinski definition) is 2. The molecule has 10 heteroatoms. The van der Waals surface area contributed by atoms with Crippen molar-refractivity contribution in [3.63, 3.8) is 0 Å². The molecule has 0 aromatic carbocycles. The van der Waals surface area contributed by atoms with E-state index in [1.54, 1.807) is 34.0 Å². The maximum Gasteiger partial charge on any atom is 0.255 e. The first-order chi connectivity index (χ1) is 12.2. The molecule has 0 saturated heterocycles. The highest BCUT2D eigenvalue weighted by molar-refractivity contribution is 5.94. The number of aliphatic hydroxyl groups excluding tert-OH is 2. The fraction of sp³-hybridized carbons (Fsp3) is 0.400. The van der Waals surface area contributed by atoms with Gasteiger partial charge in [-0.1, -0.05) is 0 Å². The average molecular weight is 343 g/mol. The summed E-state index contributed by atoms with van der Waals surface area (Å²) in [4.78, 5) is 14.6. The zero-order valence-corrected chi connectivity index (χ0v) is 13.4. The number of fused-ring (bicyclic) bond motifs is 2. The van der Waals surface area contributed by atoms with Crippen LogP contribution in [0.4, 0.5) is 0 Å². The van der Waals surface area contributed by atoms with E-state index in [9.17, 15) is 9.90 Å². The number of aromatic nitrogens is 6. The normalized spacial score (nSPS) is 15.8. The second kappa shape index (κ2) is 6.22. The van der Waals surface area contributed by atoms with Gasteiger partial charge in [-0.3, -0.25) is 9.48 Å². The number of aryl methyl sites for hydroxylation is 1. The Balaban J connectivity index is 1.59. The second-order valence-electron chi connectivity index (χ2n) is 5.96. The van der Waals surface area contributed by atoms with E-state index in [4.69, 9.17) is 5.11 Å². The van der Waals surface area contributed by atoms with E-state index in [2.05, 4.69) is 20.6 Å². The van der Waals surface area contributed by atoms with Gasteiger partial charge in [0.2, 0.25) is 0 Å². The maximum atomic E-state index is 12.8. The molecule has 130 valence electrons. The van der Waals surface area contributed by atoms with Gasteiger partial charge in [-0.05, 0) is 35.0 Å². The van der Waals surface area contributed by atoms with Gasteiger partial charge in [0.25, 0.3) is 5.91 Å². The molecule has 0 saturated carbocycles. The third-order valence-corrected chi connectivity index (χ3v) is 4.27. The molecule has 0 fully saturated rings. The molecule has 1 unspecified atom stereocenters. The molecule has 0 radical (unpaired) electrons. The fourth-order valence-electron chi connectivity index (χ4n) is 2.96. The molecule has 1 aliphatic heterocycles. The van der Waals surface area contributed by atoms with E-state index >= 15 is 0 Å². The number of rotatable bonds is 3. The first-order valence-electron chi connectivity index (χ1n) is 7.98. The summed E-state index contributed by atoms with van der Waals surface area (Å²) in [6.07, 6.45) is 1.36. The smallest absolute Gasteiger partial charge is 0.255 e. The van der Waals surface area contributed by atoms with Gasteiger partial charge in [0.15, 0.2) is 5.65 Å². The number of carbonyl (C=O) groups excluding carboxylic acids is 1. The highest BCUT2D eigenvalue weighted by atomic mass is 16.3. The fourth-order valence-corrected chi connectivity index (χ4v) is 2.96. The Bertz CT molecular complexity index is 919. The maximum absolute atomic E-state index is 12.8. The lowest BCUT2D eigenvalue weighted by molar-refractivity contribution is 0.0744. The Hall–Kier alpha value is -2.85. The van der Waals surface area contributed by atoms with Gasteiger partial charge in [0, 0.05) is 19.3 Å². The molecule has 1 amide bonds. The summed E-state index contributed by atoms with van der Waals surface area (Å²) in [6.45, 7) is 1.26. The van der Waals surface area contributed by atoms with Crippen LogP contribution in [-0.2, 0) is 13.1 Å². The molecular formula is C15H17N7O3. The molecule has 0 aliphatic carbocycles. The van der Waals surface area contributed by atoms with Crippen LogP contribution < -0.4 is 0 Å². The van der Waals surface area contributed by atoms with Gasteiger partial charge >= 0.3 is 0 Å². The predicted molar refractivity (Wildman–Crippen MR) is 84.4 cm³/mol. The van der Waals surface area contributed by atoms with Crippen LogP contribution in [0.1, 0.15) is 34.3 Å². The van der Waals surface area contributed by atoms with Crippen molar-refractivity contribution < 1.29 is 15.0 Å². The molecule has 10 nitrogen and oxygen atoms in total. The van der Waals surface area contributed by atoms with Gasteiger partial charge in [0.05, 0.1) is 30.1 Å². The van der Waals surface area contributed by atoms with E-state index in [1.807, 2.05) is 0 Å². The van der Waals surface area contributed by atoms with Crippen molar-refractivity contribution >= 4 is 11.6 Å². The van der Waals surface area contributed by atoms with Crippen molar-refractivity contribution in [2.75, 3.05) is 13.2 Å². The van der Waals surface area contributed by atoms with Crippen molar-refractivity contribution in [1.82, 2.24) is 34.7 Å². The van der Waals surface area contributed by atoms with Crippen molar-refractivity contribution in [2.45, 2.75) is 25.6 Å². The minimum Gasteiger partial charge on any atom is -0.393 e. The molecule has 3 aromatic heterocycles. The van der Waals surface area contributed by atoms with E-state index in [1.165, 1.54) is 4.52 Å². The highest BCUT2D eigenvalue weighted by Crippen LogP contribution is 2.19. The van der Waals surface area contributed by atoms with E-state index < -0.39 is 6.10 Å². The van der Waals surface area contributed by atoms with Crippen LogP contribution in [0.15, 0.2) is 24.4 Å². The van der Waals surface area contributed by atoms with Crippen LogP contribution in [0.2, 0.25) is 0 Å². The monoisotopic (exact) mass is 343 g/mol. The molecule has 1 atom stereocenters. The zero-order chi connectivity index (χ0) is 17.4. The average Bonchev–Trinajstić information content (AvgIpc) is 3.21. The first kappa shape index (κ1) is 15.7. The number of hydrogen-bond acceptors (Lipinski definition) is 7.